The molecule has 4 aliphatic carbocycles. The molecule has 0 aliphatic heterocycles. The molecule has 4 bridgehead atoms. The minimum absolute atomic E-state index is 0.486. The summed E-state index contributed by atoms with van der Waals surface area (Å²) >= 11 is 0. The quantitative estimate of drug-likeness (QED) is 0.495. The molecule has 0 heterocycles. The van der Waals surface area contributed by atoms with E-state index in [4.69, 9.17) is 0 Å². The second-order valence-electron chi connectivity index (χ2n) is 8.88. The van der Waals surface area contributed by atoms with Crippen LogP contribution in [0.2, 0.25) is 0 Å². The van der Waals surface area contributed by atoms with E-state index in [2.05, 4.69) is 41.5 Å². The van der Waals surface area contributed by atoms with Gasteiger partial charge in [-0.2, -0.15) is 0 Å². The normalized spacial score (nSPS) is 57.5. The smallest absolute Gasteiger partial charge is 0.0106 e. The summed E-state index contributed by atoms with van der Waals surface area (Å²) in [5.41, 5.74) is 5.61. The van der Waals surface area contributed by atoms with Gasteiger partial charge in [-0.1, -0.05) is 38.8 Å². The molecule has 0 amide bonds. The summed E-state index contributed by atoms with van der Waals surface area (Å²) in [4.78, 5) is 0. The van der Waals surface area contributed by atoms with Crippen LogP contribution in [-0.4, -0.2) is 0 Å². The van der Waals surface area contributed by atoms with Crippen LogP contribution in [0, 0.1) is 21.7 Å². The van der Waals surface area contributed by atoms with E-state index < -0.39 is 0 Å². The van der Waals surface area contributed by atoms with Gasteiger partial charge in [-0.25, -0.2) is 0 Å². The Kier molecular flexibility index (Phi) is 1.97. The Bertz CT molecular complexity index is 360. The molecule has 4 rings (SSSR count). The van der Waals surface area contributed by atoms with Crippen LogP contribution >= 0.6 is 0 Å². The van der Waals surface area contributed by atoms with Gasteiger partial charge in [0.2, 0.25) is 0 Å². The van der Waals surface area contributed by atoms with Crippen molar-refractivity contribution in [3.05, 3.63) is 11.1 Å². The van der Waals surface area contributed by atoms with E-state index >= 15 is 0 Å². The zero-order chi connectivity index (χ0) is 12.7. The fourth-order valence-corrected chi connectivity index (χ4v) is 6.73. The summed E-state index contributed by atoms with van der Waals surface area (Å²) in [5, 5.41) is 0. The molecule has 0 aromatic rings. The molecule has 96 valence electrons. The second-order valence-corrected chi connectivity index (χ2v) is 8.88. The van der Waals surface area contributed by atoms with Crippen LogP contribution in [0.15, 0.2) is 11.1 Å². The van der Waals surface area contributed by atoms with E-state index in [9.17, 15) is 0 Å². The molecule has 0 aromatic carbocycles. The Morgan fingerprint density at radius 3 is 1.18 bits per heavy atom. The third-order valence-electron chi connectivity index (χ3n) is 6.49. The highest BCUT2D eigenvalue weighted by Gasteiger charge is 2.60. The summed E-state index contributed by atoms with van der Waals surface area (Å²) in [6, 6.07) is 0. The van der Waals surface area contributed by atoms with Crippen LogP contribution in [0.4, 0.5) is 0 Å². The van der Waals surface area contributed by atoms with Crippen LogP contribution in [0.25, 0.3) is 0 Å². The lowest BCUT2D eigenvalue weighted by molar-refractivity contribution is -0.0678. The minimum atomic E-state index is 0.486. The molecule has 2 saturated carbocycles. The molecule has 0 unspecified atom stereocenters. The first-order valence-corrected chi connectivity index (χ1v) is 7.29. The Morgan fingerprint density at radius 2 is 0.882 bits per heavy atom. The topological polar surface area (TPSA) is 0 Å². The molecule has 0 heteroatoms. The molecule has 0 radical (unpaired) electrons. The van der Waals surface area contributed by atoms with Gasteiger partial charge in [-0.3, -0.25) is 0 Å². The lowest BCUT2D eigenvalue weighted by atomic mass is 9.46. The lowest BCUT2D eigenvalue weighted by Crippen LogP contribution is -2.48. The first-order valence-electron chi connectivity index (χ1n) is 7.29. The predicted molar refractivity (Wildman–Crippen MR) is 73.9 cm³/mol. The molecule has 0 atom stereocenters. The molecule has 0 nitrogen and oxygen atoms in total. The van der Waals surface area contributed by atoms with E-state index in [0.717, 1.165) is 0 Å². The van der Waals surface area contributed by atoms with E-state index in [1.807, 2.05) is 0 Å². The lowest BCUT2D eigenvalue weighted by Gasteiger charge is -2.58. The molecule has 0 spiro atoms. The van der Waals surface area contributed by atoms with Crippen LogP contribution in [0.5, 0.6) is 0 Å². The van der Waals surface area contributed by atoms with Crippen LogP contribution in [0.1, 0.15) is 73.6 Å². The maximum atomic E-state index is 2.56. The first-order chi connectivity index (χ1) is 7.60. The van der Waals surface area contributed by atoms with Crippen molar-refractivity contribution in [1.82, 2.24) is 0 Å². The Morgan fingerprint density at radius 1 is 0.588 bits per heavy atom. The molecule has 2 fully saturated rings. The third kappa shape index (κ3) is 1.42. The van der Waals surface area contributed by atoms with Crippen LogP contribution < -0.4 is 0 Å². The van der Waals surface area contributed by atoms with E-state index in [1.54, 1.807) is 11.1 Å². The molecule has 17 heavy (non-hydrogen) atoms. The van der Waals surface area contributed by atoms with Crippen molar-refractivity contribution in [1.29, 1.82) is 0 Å². The largest absolute Gasteiger partial charge is 0.0679 e. The van der Waals surface area contributed by atoms with Gasteiger partial charge in [-0.05, 0) is 67.6 Å². The monoisotopic (exact) mass is 232 g/mol. The van der Waals surface area contributed by atoms with Crippen molar-refractivity contribution < 1.29 is 0 Å². The summed E-state index contributed by atoms with van der Waals surface area (Å²) in [6.45, 7) is 15.1. The standard InChI is InChI=1S/C17H28/c1-12-13(2)17(6)10-14(3)7-15(4,11-17)9-16(12,5)8-14/h7-11H2,1-6H3. The fourth-order valence-electron chi connectivity index (χ4n) is 6.73. The van der Waals surface area contributed by atoms with Crippen molar-refractivity contribution in [3.63, 3.8) is 0 Å². The van der Waals surface area contributed by atoms with Crippen LogP contribution in [0.3, 0.4) is 0 Å². The van der Waals surface area contributed by atoms with E-state index in [-0.39, 0.29) is 0 Å². The Hall–Kier alpha value is -0.260. The van der Waals surface area contributed by atoms with Gasteiger partial charge in [-0.15, -0.1) is 0 Å². The summed E-state index contributed by atoms with van der Waals surface area (Å²) in [7, 11) is 0. The van der Waals surface area contributed by atoms with Crippen LogP contribution in [-0.2, 0) is 0 Å². The predicted octanol–water partition coefficient (Wildman–Crippen LogP) is 5.34. The van der Waals surface area contributed by atoms with E-state index in [1.165, 1.54) is 32.1 Å². The fraction of sp³-hybridized carbons (Fsp3) is 0.882. The highest BCUT2D eigenvalue weighted by atomic mass is 14.6. The first kappa shape index (κ1) is 11.8. The molecule has 0 N–H and O–H groups in total. The van der Waals surface area contributed by atoms with Gasteiger partial charge in [0.15, 0.2) is 0 Å². The number of rotatable bonds is 0. The van der Waals surface area contributed by atoms with Gasteiger partial charge in [0.05, 0.1) is 0 Å². The number of allylic oxidation sites excluding steroid dienone is 2. The SMILES string of the molecule is CC1=C(C)C2(C)CC3(C)CC(C)(CC1(C)C3)C2. The van der Waals surface area contributed by atoms with E-state index in [0.29, 0.717) is 21.7 Å². The van der Waals surface area contributed by atoms with Crippen molar-refractivity contribution in [2.45, 2.75) is 73.6 Å². The number of hydrogen-bond acceptors (Lipinski definition) is 0. The van der Waals surface area contributed by atoms with Gasteiger partial charge in [0.1, 0.15) is 0 Å². The van der Waals surface area contributed by atoms with Crippen molar-refractivity contribution in [3.8, 4) is 0 Å². The maximum Gasteiger partial charge on any atom is -0.0106 e. The Labute approximate surface area is 107 Å². The summed E-state index contributed by atoms with van der Waals surface area (Å²) in [6.07, 6.45) is 7.16. The highest BCUT2D eigenvalue weighted by molar-refractivity contribution is 5.32. The third-order valence-corrected chi connectivity index (χ3v) is 6.49. The maximum absolute atomic E-state index is 2.56. The summed E-state index contributed by atoms with van der Waals surface area (Å²) < 4.78 is 0. The van der Waals surface area contributed by atoms with Crippen molar-refractivity contribution in [2.24, 2.45) is 21.7 Å². The second kappa shape index (κ2) is 2.83. The average Bonchev–Trinajstić information content (AvgIpc) is 2.13. The van der Waals surface area contributed by atoms with Gasteiger partial charge < -0.3 is 0 Å². The number of hydrogen-bond donors (Lipinski definition) is 0. The van der Waals surface area contributed by atoms with Crippen molar-refractivity contribution >= 4 is 0 Å². The van der Waals surface area contributed by atoms with Crippen molar-refractivity contribution in [2.75, 3.05) is 0 Å². The molecule has 0 saturated heterocycles. The molecular formula is C17H28. The molecule has 4 aliphatic rings. The van der Waals surface area contributed by atoms with Gasteiger partial charge >= 0.3 is 0 Å². The zero-order valence-electron chi connectivity index (χ0n) is 12.5. The summed E-state index contributed by atoms with van der Waals surface area (Å²) in [5.74, 6) is 0. The van der Waals surface area contributed by atoms with Gasteiger partial charge in [0, 0.05) is 0 Å². The molecular weight excluding hydrogens is 204 g/mol. The highest BCUT2D eigenvalue weighted by Crippen LogP contribution is 2.71. The molecule has 0 aromatic heterocycles. The Balaban J connectivity index is 2.24. The van der Waals surface area contributed by atoms with Gasteiger partial charge in [0.25, 0.3) is 0 Å². The zero-order valence-corrected chi connectivity index (χ0v) is 12.5. The minimum Gasteiger partial charge on any atom is -0.0679 e. The average molecular weight is 232 g/mol.